The summed E-state index contributed by atoms with van der Waals surface area (Å²) in [5.41, 5.74) is 5.86. The van der Waals surface area contributed by atoms with E-state index in [0.717, 1.165) is 24.9 Å². The van der Waals surface area contributed by atoms with Crippen LogP contribution >= 0.6 is 11.6 Å². The van der Waals surface area contributed by atoms with Gasteiger partial charge < -0.3 is 31.0 Å². The van der Waals surface area contributed by atoms with Crippen LogP contribution in [-0.4, -0.2) is 75.5 Å². The third-order valence-corrected chi connectivity index (χ3v) is 7.56. The molecule has 242 valence electrons. The van der Waals surface area contributed by atoms with Crippen molar-refractivity contribution in [1.82, 2.24) is 20.1 Å². The number of likely N-dealkylation sites (N-methyl/N-ethyl adjacent to an activating group) is 1. The molecule has 0 aliphatic carbocycles. The number of rotatable bonds is 10. The van der Waals surface area contributed by atoms with Crippen molar-refractivity contribution < 1.29 is 37.1 Å². The number of allylic oxidation sites excluding steroid dienone is 1. The maximum atomic E-state index is 14.4. The largest absolute Gasteiger partial charge is 0.450 e. The lowest BCUT2D eigenvalue weighted by atomic mass is 10.0. The highest BCUT2D eigenvalue weighted by molar-refractivity contribution is 6.30. The molecule has 3 rings (SSSR count). The Hall–Kier alpha value is -4.46. The van der Waals surface area contributed by atoms with Crippen LogP contribution in [0.5, 0.6) is 5.75 Å². The van der Waals surface area contributed by atoms with Crippen molar-refractivity contribution in [1.29, 1.82) is 5.41 Å². The zero-order chi connectivity index (χ0) is 33.8. The number of halogens is 4. The molecule has 1 aromatic heterocycles. The number of ether oxygens (including phenoxy) is 1. The summed E-state index contributed by atoms with van der Waals surface area (Å²) in [5, 5.41) is 10.4. The second-order valence-corrected chi connectivity index (χ2v) is 11.1. The average Bonchev–Trinajstić information content (AvgIpc) is 3.36. The van der Waals surface area contributed by atoms with E-state index in [9.17, 15) is 32.3 Å². The van der Waals surface area contributed by atoms with Gasteiger partial charge in [0, 0.05) is 30.8 Å². The first kappa shape index (κ1) is 35.0. The number of likely N-dealkylation sites (tertiary alicyclic amines) is 1. The number of hydrogen-bond acceptors (Lipinski definition) is 7. The zero-order valence-electron chi connectivity index (χ0n) is 25.2. The number of benzene rings is 1. The van der Waals surface area contributed by atoms with Gasteiger partial charge in [0.25, 0.3) is 11.8 Å². The molecule has 2 aromatic rings. The summed E-state index contributed by atoms with van der Waals surface area (Å²) in [5.74, 6) is -3.57. The Balaban J connectivity index is 1.91. The Bertz CT molecular complexity index is 1530. The molecule has 1 fully saturated rings. The van der Waals surface area contributed by atoms with Crippen LogP contribution in [0.4, 0.5) is 13.2 Å². The highest BCUT2D eigenvalue weighted by atomic mass is 35.5. The lowest BCUT2D eigenvalue weighted by Crippen LogP contribution is -2.60. The topological polar surface area (TPSA) is 159 Å². The highest BCUT2D eigenvalue weighted by Gasteiger charge is 2.54. The van der Waals surface area contributed by atoms with E-state index in [1.165, 1.54) is 32.9 Å². The molecule has 1 aliphatic heterocycles. The van der Waals surface area contributed by atoms with E-state index in [-0.39, 0.29) is 41.4 Å². The van der Waals surface area contributed by atoms with Crippen LogP contribution < -0.4 is 15.8 Å². The molecule has 4 N–H and O–H groups in total. The number of pyridine rings is 1. The van der Waals surface area contributed by atoms with Gasteiger partial charge >= 0.3 is 6.18 Å². The summed E-state index contributed by atoms with van der Waals surface area (Å²) in [6, 6.07) is 3.21. The second-order valence-electron chi connectivity index (χ2n) is 10.7. The van der Waals surface area contributed by atoms with Gasteiger partial charge in [0.1, 0.15) is 23.5 Å². The molecule has 1 aliphatic rings. The Morgan fingerprint density at radius 2 is 1.87 bits per heavy atom. The van der Waals surface area contributed by atoms with E-state index in [4.69, 9.17) is 27.5 Å². The number of aromatic nitrogens is 1. The van der Waals surface area contributed by atoms with Crippen LogP contribution in [-0.2, 0) is 14.4 Å². The molecule has 1 unspecified atom stereocenters. The smallest absolute Gasteiger partial charge is 0.410 e. The van der Waals surface area contributed by atoms with Gasteiger partial charge in [-0.25, -0.2) is 4.98 Å². The lowest BCUT2D eigenvalue weighted by Gasteiger charge is -2.40. The summed E-state index contributed by atoms with van der Waals surface area (Å²) in [7, 11) is 1.04. The first-order valence-electron chi connectivity index (χ1n) is 13.8. The summed E-state index contributed by atoms with van der Waals surface area (Å²) >= 11 is 6.16. The highest BCUT2D eigenvalue weighted by Crippen LogP contribution is 2.43. The van der Waals surface area contributed by atoms with Crippen LogP contribution in [0.2, 0.25) is 5.02 Å². The number of aryl methyl sites for hydroxylation is 1. The van der Waals surface area contributed by atoms with E-state index >= 15 is 0 Å². The van der Waals surface area contributed by atoms with Crippen molar-refractivity contribution >= 4 is 40.9 Å². The van der Waals surface area contributed by atoms with Crippen molar-refractivity contribution in [3.63, 3.8) is 0 Å². The Morgan fingerprint density at radius 1 is 1.20 bits per heavy atom. The number of nitrogens with one attached hydrogen (secondary N) is 2. The minimum atomic E-state index is -4.86. The van der Waals surface area contributed by atoms with Crippen LogP contribution in [0.25, 0.3) is 0 Å². The quantitative estimate of drug-likeness (QED) is 0.200. The third-order valence-electron chi connectivity index (χ3n) is 7.33. The van der Waals surface area contributed by atoms with Gasteiger partial charge in [-0.2, -0.15) is 13.2 Å². The second kappa shape index (κ2) is 14.1. The van der Waals surface area contributed by atoms with Crippen LogP contribution in [0, 0.1) is 12.3 Å². The van der Waals surface area contributed by atoms with Crippen molar-refractivity contribution in [3.05, 3.63) is 70.2 Å². The summed E-state index contributed by atoms with van der Waals surface area (Å²) in [6.07, 6.45) is -3.63. The predicted octanol–water partition coefficient (Wildman–Crippen LogP) is 4.09. The van der Waals surface area contributed by atoms with Gasteiger partial charge in [0.15, 0.2) is 5.76 Å². The van der Waals surface area contributed by atoms with Gasteiger partial charge in [-0.05, 0) is 63.4 Å². The van der Waals surface area contributed by atoms with Crippen LogP contribution in [0.3, 0.4) is 0 Å². The number of nitrogens with zero attached hydrogens (tertiary/aromatic N) is 3. The summed E-state index contributed by atoms with van der Waals surface area (Å²) in [6.45, 7) is 5.27. The third kappa shape index (κ3) is 8.38. The molecule has 0 radical (unpaired) electrons. The van der Waals surface area contributed by atoms with Gasteiger partial charge in [0.2, 0.25) is 11.8 Å². The van der Waals surface area contributed by atoms with E-state index in [1.54, 1.807) is 24.3 Å². The number of alkyl halides is 3. The van der Waals surface area contributed by atoms with Crippen molar-refractivity contribution in [3.8, 4) is 5.75 Å². The predicted molar refractivity (Wildman–Crippen MR) is 160 cm³/mol. The maximum absolute atomic E-state index is 14.4. The molecule has 0 bridgehead atoms. The molecule has 0 saturated carbocycles. The number of nitrogens with two attached hydrogens (primary N) is 1. The molecule has 1 saturated heterocycles. The van der Waals surface area contributed by atoms with E-state index in [0.29, 0.717) is 15.5 Å². The number of primary amides is 1. The number of amides is 4. The summed E-state index contributed by atoms with van der Waals surface area (Å²) < 4.78 is 48.7. The normalized spacial score (nSPS) is 18.2. The number of hydrogen-bond donors (Lipinski definition) is 3. The van der Waals surface area contributed by atoms with Crippen molar-refractivity contribution in [2.75, 3.05) is 7.05 Å². The molecule has 11 nitrogen and oxygen atoms in total. The molecule has 2 heterocycles. The minimum absolute atomic E-state index is 0.0106. The van der Waals surface area contributed by atoms with Gasteiger partial charge in [-0.15, -0.1) is 0 Å². The van der Waals surface area contributed by atoms with Gasteiger partial charge in [-0.1, -0.05) is 23.7 Å². The summed E-state index contributed by atoms with van der Waals surface area (Å²) in [4.78, 5) is 56.6. The van der Waals surface area contributed by atoms with Crippen LogP contribution in [0.1, 0.15) is 61.4 Å². The molecule has 1 aromatic carbocycles. The fraction of sp³-hybridized carbons (Fsp3) is 0.400. The Labute approximate surface area is 263 Å². The van der Waals surface area contributed by atoms with E-state index < -0.39 is 54.0 Å². The van der Waals surface area contributed by atoms with Crippen LogP contribution in [0.15, 0.2) is 48.2 Å². The fourth-order valence-corrected chi connectivity index (χ4v) is 5.40. The first-order chi connectivity index (χ1) is 20.9. The Morgan fingerprint density at radius 3 is 2.40 bits per heavy atom. The SMILES string of the molecule is CC(=N)/C=C(/Oc1ccc(C(=O)N[C@H](C)C(=O)N2[C@@H](C(N(C)C(C)=O)C(F)(F)F)CC[C@H]2c2cccc(Cl)c2)nc1C)C(N)=O. The van der Waals surface area contributed by atoms with Crippen molar-refractivity contribution in [2.45, 2.75) is 70.9 Å². The van der Waals surface area contributed by atoms with E-state index in [1.807, 2.05) is 0 Å². The molecular weight excluding hydrogens is 617 g/mol. The van der Waals surface area contributed by atoms with Gasteiger partial charge in [0.05, 0.1) is 17.8 Å². The minimum Gasteiger partial charge on any atom is -0.450 e. The first-order valence-corrected chi connectivity index (χ1v) is 14.2. The number of carbonyl (C=O) groups excluding carboxylic acids is 4. The molecule has 4 atom stereocenters. The molecule has 4 amide bonds. The molecular formula is C30H34ClF3N6O5. The number of carbonyl (C=O) groups is 4. The fourth-order valence-electron chi connectivity index (χ4n) is 5.20. The van der Waals surface area contributed by atoms with E-state index in [2.05, 4.69) is 10.3 Å². The molecule has 0 spiro atoms. The average molecular weight is 651 g/mol. The lowest BCUT2D eigenvalue weighted by molar-refractivity contribution is -0.199. The van der Waals surface area contributed by atoms with Crippen molar-refractivity contribution in [2.24, 2.45) is 5.73 Å². The standard InChI is InChI=1S/C30H34ClF3N6O5/c1-15(35)13-25(27(36)42)45-24-12-9-21(37-16(24)2)28(43)38-17(3)29(44)40-22(19-7-6-8-20(31)14-19)10-11-23(40)26(30(32,33)34)39(5)18(4)41/h6-9,12-14,17,22-23,26,35H,10-11H2,1-5H3,(H2,36,42)(H,38,43)/b25-13+,35-15?/t17-,22+,23-,26?/m1/s1. The Kier molecular flexibility index (Phi) is 11.0. The molecule has 45 heavy (non-hydrogen) atoms. The zero-order valence-corrected chi connectivity index (χ0v) is 26.0. The maximum Gasteiger partial charge on any atom is 0.410 e. The molecule has 15 heteroatoms. The van der Waals surface area contributed by atoms with Gasteiger partial charge in [-0.3, -0.25) is 19.2 Å². The monoisotopic (exact) mass is 650 g/mol.